The van der Waals surface area contributed by atoms with Crippen LogP contribution < -0.4 is 19.3 Å². The Morgan fingerprint density at radius 1 is 0.518 bits per heavy atom. The van der Waals surface area contributed by atoms with Crippen LogP contribution in [0.25, 0.3) is 0 Å². The number of piperazine rings is 2. The summed E-state index contributed by atoms with van der Waals surface area (Å²) in [7, 11) is 0. The molecule has 15 heteroatoms. The van der Waals surface area contributed by atoms with Gasteiger partial charge in [0.2, 0.25) is 0 Å². The summed E-state index contributed by atoms with van der Waals surface area (Å²) < 4.78 is 88.6. The molecule has 0 aliphatic carbocycles. The number of hydrogen-bond donors (Lipinski definition) is 0. The molecule has 0 N–H and O–H groups in total. The highest BCUT2D eigenvalue weighted by atomic mass is 35.5. The Hall–Kier alpha value is -4.17. The number of anilines is 2. The van der Waals surface area contributed by atoms with Gasteiger partial charge in [0.05, 0.1) is 23.2 Å². The van der Waals surface area contributed by atoms with Crippen LogP contribution in [0.15, 0.2) is 97.1 Å². The number of rotatable bonds is 14. The minimum absolute atomic E-state index is 0.0148. The van der Waals surface area contributed by atoms with Gasteiger partial charge in [-0.2, -0.15) is 26.3 Å². The van der Waals surface area contributed by atoms with Crippen molar-refractivity contribution in [1.82, 2.24) is 9.80 Å². The predicted molar refractivity (Wildman–Crippen MR) is 206 cm³/mol. The summed E-state index contributed by atoms with van der Waals surface area (Å²) >= 11 is 12.9. The first-order valence-electron chi connectivity index (χ1n) is 18.2. The maximum atomic E-state index is 13.9. The van der Waals surface area contributed by atoms with Crippen molar-refractivity contribution >= 4 is 40.4 Å². The number of Topliss-reactive ketones (excluding diaryl/α,β-unsaturated/α-hetero) is 1. The second-order valence-electron chi connectivity index (χ2n) is 13.7. The molecule has 4 aromatic rings. The van der Waals surface area contributed by atoms with Crippen LogP contribution in [-0.4, -0.2) is 91.8 Å². The van der Waals surface area contributed by atoms with Crippen molar-refractivity contribution in [3.8, 4) is 11.5 Å². The Kier molecular flexibility index (Phi) is 13.6. The number of benzene rings is 4. The fourth-order valence-electron chi connectivity index (χ4n) is 6.93. The van der Waals surface area contributed by atoms with Crippen molar-refractivity contribution in [3.63, 3.8) is 0 Å². The zero-order valence-corrected chi connectivity index (χ0v) is 31.9. The molecule has 2 aliphatic heterocycles. The van der Waals surface area contributed by atoms with Gasteiger partial charge in [-0.05, 0) is 83.9 Å². The van der Waals surface area contributed by atoms with Gasteiger partial charge >= 0.3 is 12.4 Å². The smallest absolute Gasteiger partial charge is 0.416 e. The first-order valence-corrected chi connectivity index (χ1v) is 19.3. The van der Waals surface area contributed by atoms with E-state index in [9.17, 15) is 31.1 Å². The quantitative estimate of drug-likeness (QED) is 0.0934. The van der Waals surface area contributed by atoms with Crippen LogP contribution in [0, 0.1) is 0 Å². The Bertz CT molecular complexity index is 1710. The van der Waals surface area contributed by atoms with Crippen LogP contribution in [0.4, 0.5) is 37.7 Å². The molecule has 2 heterocycles. The number of ketones is 1. The minimum Gasteiger partial charge on any atom is -0.489 e. The average Bonchev–Trinajstić information content (AvgIpc) is 3.20. The molecule has 2 aliphatic rings. The molecule has 0 amide bonds. The molecular weight excluding hydrogens is 781 g/mol. The molecule has 2 unspecified atom stereocenters. The maximum absolute atomic E-state index is 13.9. The molecule has 0 saturated carbocycles. The standard InChI is InChI=1S/C41H42Cl2F6N4O3/c42-25-37(52-21-17-50(18-22-52)33-9-13-35(14-10-33)55-27-29-1-5-31(6-2-29)40(44,45)46)39(54)38(26-43)53-23-19-51(20-24-53)34-11-15-36(16-12-34)56-28-30-3-7-32(8-4-30)41(47,48)49/h1-16,37-38H,17-28H2. The van der Waals surface area contributed by atoms with E-state index in [0.29, 0.717) is 75.0 Å². The van der Waals surface area contributed by atoms with E-state index in [2.05, 4.69) is 19.6 Å². The normalized spacial score (nSPS) is 17.1. The molecular formula is C41H42Cl2F6N4O3. The first-order chi connectivity index (χ1) is 26.8. The summed E-state index contributed by atoms with van der Waals surface area (Å²) in [6.07, 6.45) is -8.76. The molecule has 6 rings (SSSR count). The van der Waals surface area contributed by atoms with Gasteiger partial charge in [-0.1, -0.05) is 24.3 Å². The third-order valence-electron chi connectivity index (χ3n) is 10.2. The lowest BCUT2D eigenvalue weighted by Gasteiger charge is -2.43. The molecule has 4 aromatic carbocycles. The molecule has 56 heavy (non-hydrogen) atoms. The fourth-order valence-corrected chi connectivity index (χ4v) is 7.63. The third kappa shape index (κ3) is 10.6. The average molecular weight is 824 g/mol. The van der Waals surface area contributed by atoms with Gasteiger partial charge in [-0.3, -0.25) is 14.6 Å². The molecule has 0 spiro atoms. The molecule has 300 valence electrons. The van der Waals surface area contributed by atoms with E-state index in [1.807, 2.05) is 48.5 Å². The molecule has 0 aromatic heterocycles. The van der Waals surface area contributed by atoms with Crippen LogP contribution in [-0.2, 0) is 30.4 Å². The van der Waals surface area contributed by atoms with Gasteiger partial charge < -0.3 is 19.3 Å². The second-order valence-corrected chi connectivity index (χ2v) is 14.4. The van der Waals surface area contributed by atoms with E-state index >= 15 is 0 Å². The molecule has 0 bridgehead atoms. The maximum Gasteiger partial charge on any atom is 0.416 e. The zero-order chi connectivity index (χ0) is 39.9. The molecule has 2 atom stereocenters. The van der Waals surface area contributed by atoms with Crippen molar-refractivity contribution in [3.05, 3.63) is 119 Å². The predicted octanol–water partition coefficient (Wildman–Crippen LogP) is 8.61. The monoisotopic (exact) mass is 822 g/mol. The van der Waals surface area contributed by atoms with E-state index < -0.39 is 35.6 Å². The zero-order valence-electron chi connectivity index (χ0n) is 30.4. The Morgan fingerprint density at radius 3 is 1.12 bits per heavy atom. The summed E-state index contributed by atoms with van der Waals surface area (Å²) in [4.78, 5) is 22.6. The topological polar surface area (TPSA) is 48.5 Å². The number of hydrogen-bond acceptors (Lipinski definition) is 7. The number of carbonyl (C=O) groups is 1. The Morgan fingerprint density at radius 2 is 0.839 bits per heavy atom. The van der Waals surface area contributed by atoms with Crippen LogP contribution in [0.1, 0.15) is 22.3 Å². The highest BCUT2D eigenvalue weighted by molar-refractivity contribution is 6.22. The summed E-state index contributed by atoms with van der Waals surface area (Å²) in [5, 5.41) is 0. The van der Waals surface area contributed by atoms with E-state index in [1.54, 1.807) is 0 Å². The van der Waals surface area contributed by atoms with E-state index in [1.165, 1.54) is 24.3 Å². The highest BCUT2D eigenvalue weighted by Crippen LogP contribution is 2.31. The van der Waals surface area contributed by atoms with Crippen LogP contribution in [0.3, 0.4) is 0 Å². The number of carbonyl (C=O) groups excluding carboxylic acids is 1. The van der Waals surface area contributed by atoms with Crippen molar-refractivity contribution in [2.75, 3.05) is 73.9 Å². The summed E-state index contributed by atoms with van der Waals surface area (Å²) in [5.74, 6) is 1.54. The molecule has 2 fully saturated rings. The minimum atomic E-state index is -4.38. The Labute approximate surface area is 332 Å². The molecule has 7 nitrogen and oxygen atoms in total. The first kappa shape index (κ1) is 41.5. The number of nitrogens with zero attached hydrogens (tertiary/aromatic N) is 4. The van der Waals surface area contributed by atoms with Gasteiger partial charge in [0.25, 0.3) is 0 Å². The van der Waals surface area contributed by atoms with E-state index in [-0.39, 0.29) is 30.8 Å². The highest BCUT2D eigenvalue weighted by Gasteiger charge is 2.37. The second kappa shape index (κ2) is 18.4. The number of halogens is 8. The molecule has 0 radical (unpaired) electrons. The van der Waals surface area contributed by atoms with Gasteiger partial charge in [0.15, 0.2) is 5.78 Å². The summed E-state index contributed by atoms with van der Waals surface area (Å²) in [6.45, 7) is 5.62. The van der Waals surface area contributed by atoms with Crippen molar-refractivity contribution in [1.29, 1.82) is 0 Å². The van der Waals surface area contributed by atoms with Crippen molar-refractivity contribution in [2.24, 2.45) is 0 Å². The van der Waals surface area contributed by atoms with Gasteiger partial charge in [0.1, 0.15) is 24.7 Å². The van der Waals surface area contributed by atoms with Crippen molar-refractivity contribution < 1.29 is 40.6 Å². The lowest BCUT2D eigenvalue weighted by molar-refractivity contribution is -0.138. The van der Waals surface area contributed by atoms with Crippen molar-refractivity contribution in [2.45, 2.75) is 37.7 Å². The third-order valence-corrected chi connectivity index (χ3v) is 10.8. The number of ether oxygens (including phenoxy) is 2. The van der Waals surface area contributed by atoms with Gasteiger partial charge in [0, 0.05) is 75.5 Å². The van der Waals surface area contributed by atoms with Crippen LogP contribution in [0.5, 0.6) is 11.5 Å². The summed E-state index contributed by atoms with van der Waals surface area (Å²) in [6, 6.07) is 24.0. The van der Waals surface area contributed by atoms with Gasteiger partial charge in [-0.15, -0.1) is 23.2 Å². The van der Waals surface area contributed by atoms with E-state index in [4.69, 9.17) is 32.7 Å². The van der Waals surface area contributed by atoms with Crippen LogP contribution >= 0.6 is 23.2 Å². The lowest BCUT2D eigenvalue weighted by atomic mass is 10.0. The molecule has 2 saturated heterocycles. The number of alkyl halides is 8. The SMILES string of the molecule is O=C(C(CCl)N1CCN(c2ccc(OCc3ccc(C(F)(F)F)cc3)cc2)CC1)C(CCl)N1CCN(c2ccc(OCc3ccc(C(F)(F)F)cc3)cc2)CC1. The summed E-state index contributed by atoms with van der Waals surface area (Å²) in [5.41, 5.74) is 1.87. The van der Waals surface area contributed by atoms with Crippen LogP contribution in [0.2, 0.25) is 0 Å². The van der Waals surface area contributed by atoms with E-state index in [0.717, 1.165) is 35.6 Å². The largest absolute Gasteiger partial charge is 0.489 e. The lowest BCUT2D eigenvalue weighted by Crippen LogP contribution is -2.60. The van der Waals surface area contributed by atoms with Gasteiger partial charge in [-0.25, -0.2) is 0 Å². The fraction of sp³-hybridized carbons (Fsp3) is 0.390. The Balaban J connectivity index is 0.942.